The van der Waals surface area contributed by atoms with E-state index in [2.05, 4.69) is 27.8 Å². The van der Waals surface area contributed by atoms with Crippen LogP contribution in [-0.4, -0.2) is 10.1 Å². The van der Waals surface area contributed by atoms with E-state index in [-0.39, 0.29) is 0 Å². The number of hydrogen-bond acceptors (Lipinski definition) is 2. The molecule has 3 heteroatoms. The van der Waals surface area contributed by atoms with E-state index in [4.69, 9.17) is 0 Å². The van der Waals surface area contributed by atoms with Crippen LogP contribution in [0.1, 0.15) is 44.3 Å². The van der Waals surface area contributed by atoms with E-state index in [1.807, 2.05) is 24.3 Å². The van der Waals surface area contributed by atoms with Crippen molar-refractivity contribution in [3.63, 3.8) is 0 Å². The van der Waals surface area contributed by atoms with Crippen molar-refractivity contribution in [3.05, 3.63) is 40.5 Å². The molecular weight excluding hydrogens is 314 g/mol. The predicted octanol–water partition coefficient (Wildman–Crippen LogP) is 4.86. The first-order valence-corrected chi connectivity index (χ1v) is 8.17. The predicted molar refractivity (Wildman–Crippen MR) is 85.5 cm³/mol. The summed E-state index contributed by atoms with van der Waals surface area (Å²) in [6, 6.07) is 8.02. The van der Waals surface area contributed by atoms with Crippen molar-refractivity contribution in [2.75, 3.05) is 0 Å². The Morgan fingerprint density at radius 2 is 1.95 bits per heavy atom. The summed E-state index contributed by atoms with van der Waals surface area (Å²) in [5.74, 6) is 1.18. The Hall–Kier alpha value is -0.930. The Morgan fingerprint density at radius 3 is 2.70 bits per heavy atom. The molecule has 3 rings (SSSR count). The summed E-state index contributed by atoms with van der Waals surface area (Å²) in [5.41, 5.74) is 1.90. The fourth-order valence-electron chi connectivity index (χ4n) is 3.25. The number of hydrogen-bond donors (Lipinski definition) is 1. The highest BCUT2D eigenvalue weighted by Crippen LogP contribution is 2.39. The van der Waals surface area contributed by atoms with Crippen LogP contribution < -0.4 is 0 Å². The molecular formula is C17H20BrNO. The van der Waals surface area contributed by atoms with E-state index in [0.717, 1.165) is 39.7 Å². The van der Waals surface area contributed by atoms with Crippen molar-refractivity contribution in [1.82, 2.24) is 4.98 Å². The van der Waals surface area contributed by atoms with Crippen molar-refractivity contribution >= 4 is 26.8 Å². The van der Waals surface area contributed by atoms with E-state index in [0.29, 0.717) is 5.92 Å². The molecule has 2 nitrogen and oxygen atoms in total. The minimum atomic E-state index is -0.395. The van der Waals surface area contributed by atoms with Gasteiger partial charge < -0.3 is 5.11 Å². The van der Waals surface area contributed by atoms with Gasteiger partial charge in [-0.1, -0.05) is 47.8 Å². The summed E-state index contributed by atoms with van der Waals surface area (Å²) in [4.78, 5) is 4.48. The SMILES string of the molecule is CC1CCC(C(O)c2ccc(Br)c3cccnc23)CC1. The molecule has 1 aliphatic rings. The Labute approximate surface area is 128 Å². The van der Waals surface area contributed by atoms with Crippen LogP contribution in [0.3, 0.4) is 0 Å². The first-order chi connectivity index (χ1) is 9.66. The minimum Gasteiger partial charge on any atom is -0.388 e. The summed E-state index contributed by atoms with van der Waals surface area (Å²) in [7, 11) is 0. The third-order valence-electron chi connectivity index (χ3n) is 4.57. The molecule has 1 aromatic carbocycles. The first kappa shape index (κ1) is 14.0. The van der Waals surface area contributed by atoms with Crippen molar-refractivity contribution in [1.29, 1.82) is 0 Å². The lowest BCUT2D eigenvalue weighted by Gasteiger charge is -2.30. The molecule has 0 bridgehead atoms. The second-order valence-electron chi connectivity index (χ2n) is 6.00. The number of fused-ring (bicyclic) bond motifs is 1. The number of aromatic nitrogens is 1. The van der Waals surface area contributed by atoms with Gasteiger partial charge in [-0.2, -0.15) is 0 Å². The molecule has 0 radical (unpaired) electrons. The molecule has 1 aromatic heterocycles. The van der Waals surface area contributed by atoms with E-state index in [1.54, 1.807) is 6.20 Å². The Bertz CT molecular complexity index is 605. The van der Waals surface area contributed by atoms with Gasteiger partial charge in [-0.3, -0.25) is 4.98 Å². The lowest BCUT2D eigenvalue weighted by atomic mass is 9.78. The van der Waals surface area contributed by atoms with Crippen molar-refractivity contribution in [3.8, 4) is 0 Å². The summed E-state index contributed by atoms with van der Waals surface area (Å²) < 4.78 is 1.04. The van der Waals surface area contributed by atoms with Crippen LogP contribution in [0.15, 0.2) is 34.9 Å². The lowest BCUT2D eigenvalue weighted by molar-refractivity contribution is 0.0766. The van der Waals surface area contributed by atoms with Crippen LogP contribution in [0.4, 0.5) is 0 Å². The quantitative estimate of drug-likeness (QED) is 0.851. The van der Waals surface area contributed by atoms with Gasteiger partial charge in [-0.05, 0) is 36.8 Å². The molecule has 20 heavy (non-hydrogen) atoms. The fraction of sp³-hybridized carbons (Fsp3) is 0.471. The van der Waals surface area contributed by atoms with Gasteiger partial charge in [0.15, 0.2) is 0 Å². The number of aliphatic hydroxyl groups is 1. The summed E-state index contributed by atoms with van der Waals surface area (Å²) in [5, 5.41) is 11.8. The zero-order valence-corrected chi connectivity index (χ0v) is 13.3. The number of benzene rings is 1. The van der Waals surface area contributed by atoms with Crippen LogP contribution in [0, 0.1) is 11.8 Å². The van der Waals surface area contributed by atoms with Crippen LogP contribution in [-0.2, 0) is 0 Å². The third kappa shape index (κ3) is 2.61. The molecule has 1 atom stereocenters. The molecule has 0 saturated heterocycles. The fourth-order valence-corrected chi connectivity index (χ4v) is 3.71. The third-order valence-corrected chi connectivity index (χ3v) is 5.26. The topological polar surface area (TPSA) is 33.1 Å². The molecule has 0 amide bonds. The van der Waals surface area contributed by atoms with Gasteiger partial charge in [0.2, 0.25) is 0 Å². The average Bonchev–Trinajstić information content (AvgIpc) is 2.48. The van der Waals surface area contributed by atoms with Crippen molar-refractivity contribution in [2.24, 2.45) is 11.8 Å². The number of pyridine rings is 1. The molecule has 2 aromatic rings. The van der Waals surface area contributed by atoms with Crippen LogP contribution in [0.2, 0.25) is 0 Å². The Kier molecular flexibility index (Phi) is 4.08. The van der Waals surface area contributed by atoms with Crippen molar-refractivity contribution < 1.29 is 5.11 Å². The number of rotatable bonds is 2. The number of aliphatic hydroxyl groups excluding tert-OH is 1. The first-order valence-electron chi connectivity index (χ1n) is 7.38. The highest BCUT2D eigenvalue weighted by atomic mass is 79.9. The molecule has 106 valence electrons. The summed E-state index contributed by atoms with van der Waals surface area (Å²) >= 11 is 3.56. The van der Waals surface area contributed by atoms with E-state index >= 15 is 0 Å². The molecule has 1 N–H and O–H groups in total. The van der Waals surface area contributed by atoms with Gasteiger partial charge in [0.1, 0.15) is 0 Å². The van der Waals surface area contributed by atoms with Gasteiger partial charge in [-0.25, -0.2) is 0 Å². The van der Waals surface area contributed by atoms with Gasteiger partial charge in [0.05, 0.1) is 11.6 Å². The van der Waals surface area contributed by atoms with Gasteiger partial charge in [0, 0.05) is 21.6 Å². The second kappa shape index (κ2) is 5.82. The molecule has 1 unspecified atom stereocenters. The zero-order valence-electron chi connectivity index (χ0n) is 11.7. The molecule has 1 fully saturated rings. The smallest absolute Gasteiger partial charge is 0.0839 e. The summed E-state index contributed by atoms with van der Waals surface area (Å²) in [6.07, 6.45) is 6.09. The van der Waals surface area contributed by atoms with Crippen molar-refractivity contribution in [2.45, 2.75) is 38.7 Å². The number of halogens is 1. The molecule has 0 spiro atoms. The van der Waals surface area contributed by atoms with E-state index in [9.17, 15) is 5.11 Å². The van der Waals surface area contributed by atoms with Gasteiger partial charge in [0.25, 0.3) is 0 Å². The van der Waals surface area contributed by atoms with Crippen LogP contribution >= 0.6 is 15.9 Å². The highest BCUT2D eigenvalue weighted by molar-refractivity contribution is 9.10. The van der Waals surface area contributed by atoms with Gasteiger partial charge >= 0.3 is 0 Å². The summed E-state index contributed by atoms with van der Waals surface area (Å²) in [6.45, 7) is 2.30. The maximum atomic E-state index is 10.8. The largest absolute Gasteiger partial charge is 0.388 e. The maximum Gasteiger partial charge on any atom is 0.0839 e. The maximum absolute atomic E-state index is 10.8. The molecule has 0 aliphatic heterocycles. The van der Waals surface area contributed by atoms with Crippen LogP contribution in [0.5, 0.6) is 0 Å². The Morgan fingerprint density at radius 1 is 1.20 bits per heavy atom. The van der Waals surface area contributed by atoms with E-state index in [1.165, 1.54) is 12.8 Å². The molecule has 1 saturated carbocycles. The average molecular weight is 334 g/mol. The monoisotopic (exact) mass is 333 g/mol. The minimum absolute atomic E-state index is 0.373. The standard InChI is InChI=1S/C17H20BrNO/c1-11-4-6-12(7-5-11)17(20)14-8-9-15(18)13-3-2-10-19-16(13)14/h2-3,8-12,17,20H,4-7H2,1H3. The Balaban J connectivity index is 1.95. The molecule has 1 heterocycles. The lowest BCUT2D eigenvalue weighted by Crippen LogP contribution is -2.19. The zero-order chi connectivity index (χ0) is 14.1. The van der Waals surface area contributed by atoms with E-state index < -0.39 is 6.10 Å². The molecule has 1 aliphatic carbocycles. The highest BCUT2D eigenvalue weighted by Gasteiger charge is 2.27. The number of nitrogens with zero attached hydrogens (tertiary/aromatic N) is 1. The van der Waals surface area contributed by atoms with Crippen LogP contribution in [0.25, 0.3) is 10.9 Å². The second-order valence-corrected chi connectivity index (χ2v) is 6.86. The van der Waals surface area contributed by atoms with Gasteiger partial charge in [-0.15, -0.1) is 0 Å². The normalized spacial score (nSPS) is 24.8.